The normalized spacial score (nSPS) is 13.7. The van der Waals surface area contributed by atoms with Crippen LogP contribution < -0.4 is 15.4 Å². The van der Waals surface area contributed by atoms with E-state index in [1.807, 2.05) is 25.1 Å². The van der Waals surface area contributed by atoms with E-state index < -0.39 is 0 Å². The molecule has 160 valence electrons. The van der Waals surface area contributed by atoms with Crippen LogP contribution in [0.2, 0.25) is 0 Å². The summed E-state index contributed by atoms with van der Waals surface area (Å²) in [5.41, 5.74) is 3.41. The first-order valence-corrected chi connectivity index (χ1v) is 10.4. The SMILES string of the molecule is CCNC(=NCc1ccccc1OCC1CC1)NCCCn1nc(C)cc1C.I. The summed E-state index contributed by atoms with van der Waals surface area (Å²) in [6.07, 6.45) is 3.59. The zero-order valence-electron chi connectivity index (χ0n) is 17.8. The van der Waals surface area contributed by atoms with Crippen LogP contribution in [-0.2, 0) is 13.1 Å². The minimum absolute atomic E-state index is 0. The molecule has 0 amide bonds. The Morgan fingerprint density at radius 1 is 1.24 bits per heavy atom. The Morgan fingerprint density at radius 2 is 2.03 bits per heavy atom. The first-order chi connectivity index (χ1) is 13.7. The van der Waals surface area contributed by atoms with Gasteiger partial charge in [-0.15, -0.1) is 24.0 Å². The number of para-hydroxylation sites is 1. The highest BCUT2D eigenvalue weighted by atomic mass is 127. The fourth-order valence-corrected chi connectivity index (χ4v) is 3.11. The molecule has 0 atom stereocenters. The van der Waals surface area contributed by atoms with E-state index >= 15 is 0 Å². The minimum atomic E-state index is 0. The molecule has 0 saturated heterocycles. The second kappa shape index (κ2) is 12.0. The van der Waals surface area contributed by atoms with Crippen LogP contribution in [-0.4, -0.2) is 35.4 Å². The van der Waals surface area contributed by atoms with Gasteiger partial charge in [-0.25, -0.2) is 4.99 Å². The Morgan fingerprint density at radius 3 is 2.72 bits per heavy atom. The Bertz CT molecular complexity index is 785. The van der Waals surface area contributed by atoms with Crippen LogP contribution >= 0.6 is 24.0 Å². The third-order valence-electron chi connectivity index (χ3n) is 4.84. The summed E-state index contributed by atoms with van der Waals surface area (Å²) >= 11 is 0. The smallest absolute Gasteiger partial charge is 0.191 e. The van der Waals surface area contributed by atoms with Crippen molar-refractivity contribution in [2.24, 2.45) is 10.9 Å². The molecule has 0 unspecified atom stereocenters. The molecule has 1 aliphatic rings. The molecule has 29 heavy (non-hydrogen) atoms. The number of benzene rings is 1. The third kappa shape index (κ3) is 7.87. The van der Waals surface area contributed by atoms with Gasteiger partial charge in [-0.3, -0.25) is 4.68 Å². The van der Waals surface area contributed by atoms with Crippen molar-refractivity contribution in [3.8, 4) is 5.75 Å². The van der Waals surface area contributed by atoms with E-state index in [1.54, 1.807) is 0 Å². The number of aromatic nitrogens is 2. The van der Waals surface area contributed by atoms with Crippen molar-refractivity contribution in [2.75, 3.05) is 19.7 Å². The predicted octanol–water partition coefficient (Wildman–Crippen LogP) is 4.05. The van der Waals surface area contributed by atoms with Crippen LogP contribution in [0.15, 0.2) is 35.3 Å². The Kier molecular flexibility index (Phi) is 9.76. The molecule has 6 nitrogen and oxygen atoms in total. The molecule has 1 fully saturated rings. The predicted molar refractivity (Wildman–Crippen MR) is 129 cm³/mol. The summed E-state index contributed by atoms with van der Waals surface area (Å²) in [6, 6.07) is 10.3. The number of nitrogens with zero attached hydrogens (tertiary/aromatic N) is 3. The van der Waals surface area contributed by atoms with Crippen LogP contribution in [0.1, 0.15) is 43.1 Å². The number of halogens is 1. The van der Waals surface area contributed by atoms with Crippen LogP contribution in [0.4, 0.5) is 0 Å². The molecule has 0 spiro atoms. The van der Waals surface area contributed by atoms with Gasteiger partial charge >= 0.3 is 0 Å². The van der Waals surface area contributed by atoms with Crippen LogP contribution in [0.25, 0.3) is 0 Å². The number of ether oxygens (including phenoxy) is 1. The molecule has 1 saturated carbocycles. The van der Waals surface area contributed by atoms with Crippen LogP contribution in [0.3, 0.4) is 0 Å². The highest BCUT2D eigenvalue weighted by Gasteiger charge is 2.22. The van der Waals surface area contributed by atoms with Gasteiger partial charge in [0.25, 0.3) is 0 Å². The van der Waals surface area contributed by atoms with E-state index in [9.17, 15) is 0 Å². The number of nitrogens with one attached hydrogen (secondary N) is 2. The maximum atomic E-state index is 5.99. The average molecular weight is 511 g/mol. The molecule has 1 aliphatic carbocycles. The molecule has 1 aromatic carbocycles. The van der Waals surface area contributed by atoms with Crippen LogP contribution in [0, 0.1) is 19.8 Å². The lowest BCUT2D eigenvalue weighted by atomic mass is 10.2. The number of aliphatic imine (C=N–C) groups is 1. The van der Waals surface area contributed by atoms with Gasteiger partial charge in [-0.1, -0.05) is 18.2 Å². The second-order valence-electron chi connectivity index (χ2n) is 7.49. The summed E-state index contributed by atoms with van der Waals surface area (Å²) in [7, 11) is 0. The molecule has 0 aliphatic heterocycles. The standard InChI is InChI=1S/C22H33N5O.HI/c1-4-23-22(24-12-7-13-27-18(3)14-17(2)26-27)25-15-20-8-5-6-9-21(20)28-16-19-10-11-19;/h5-6,8-9,14,19H,4,7,10-13,15-16H2,1-3H3,(H2,23,24,25);1H. The number of hydrogen-bond acceptors (Lipinski definition) is 3. The molecule has 1 heterocycles. The van der Waals surface area contributed by atoms with Gasteiger partial charge < -0.3 is 15.4 Å². The summed E-state index contributed by atoms with van der Waals surface area (Å²) < 4.78 is 8.06. The monoisotopic (exact) mass is 511 g/mol. The number of rotatable bonds is 10. The molecule has 3 rings (SSSR count). The lowest BCUT2D eigenvalue weighted by Crippen LogP contribution is -2.38. The number of hydrogen-bond donors (Lipinski definition) is 2. The van der Waals surface area contributed by atoms with Gasteiger partial charge in [0.1, 0.15) is 5.75 Å². The van der Waals surface area contributed by atoms with Gasteiger partial charge in [0.15, 0.2) is 5.96 Å². The maximum absolute atomic E-state index is 5.99. The Labute approximate surface area is 191 Å². The fraction of sp³-hybridized carbons (Fsp3) is 0.545. The van der Waals surface area contributed by atoms with Gasteiger partial charge in [-0.2, -0.15) is 5.10 Å². The Balaban J connectivity index is 0.00000300. The molecular formula is C22H34IN5O. The molecule has 7 heteroatoms. The van der Waals surface area contributed by atoms with Gasteiger partial charge in [-0.05, 0) is 58.1 Å². The average Bonchev–Trinajstić information content (AvgIpc) is 3.46. The Hall–Kier alpha value is -1.77. The van der Waals surface area contributed by atoms with Crippen LogP contribution in [0.5, 0.6) is 5.75 Å². The molecule has 0 radical (unpaired) electrons. The highest BCUT2D eigenvalue weighted by molar-refractivity contribution is 14.0. The zero-order chi connectivity index (χ0) is 19.8. The van der Waals surface area contributed by atoms with E-state index in [-0.39, 0.29) is 24.0 Å². The lowest BCUT2D eigenvalue weighted by molar-refractivity contribution is 0.297. The molecule has 1 aromatic heterocycles. The molecule has 2 N–H and O–H groups in total. The van der Waals surface area contributed by atoms with Gasteiger partial charge in [0.05, 0.1) is 18.8 Å². The van der Waals surface area contributed by atoms with Crippen molar-refractivity contribution in [1.82, 2.24) is 20.4 Å². The van der Waals surface area contributed by atoms with Crippen molar-refractivity contribution >= 4 is 29.9 Å². The van der Waals surface area contributed by atoms with Crippen molar-refractivity contribution in [3.63, 3.8) is 0 Å². The van der Waals surface area contributed by atoms with E-state index in [1.165, 1.54) is 18.5 Å². The van der Waals surface area contributed by atoms with E-state index in [0.29, 0.717) is 6.54 Å². The summed E-state index contributed by atoms with van der Waals surface area (Å²) in [6.45, 7) is 10.2. The third-order valence-corrected chi connectivity index (χ3v) is 4.84. The number of aryl methyl sites for hydroxylation is 3. The quantitative estimate of drug-likeness (QED) is 0.219. The number of guanidine groups is 1. The molecule has 0 bridgehead atoms. The van der Waals surface area contributed by atoms with E-state index in [4.69, 9.17) is 9.73 Å². The largest absolute Gasteiger partial charge is 0.493 e. The topological polar surface area (TPSA) is 63.5 Å². The summed E-state index contributed by atoms with van der Waals surface area (Å²) in [5.74, 6) is 2.55. The molecular weight excluding hydrogens is 477 g/mol. The van der Waals surface area contributed by atoms with Gasteiger partial charge in [0.2, 0.25) is 0 Å². The highest BCUT2D eigenvalue weighted by Crippen LogP contribution is 2.30. The fourth-order valence-electron chi connectivity index (χ4n) is 3.11. The van der Waals surface area contributed by atoms with Crippen molar-refractivity contribution in [3.05, 3.63) is 47.3 Å². The van der Waals surface area contributed by atoms with Crippen molar-refractivity contribution < 1.29 is 4.74 Å². The van der Waals surface area contributed by atoms with E-state index in [2.05, 4.69) is 46.4 Å². The maximum Gasteiger partial charge on any atom is 0.191 e. The molecule has 2 aromatic rings. The zero-order valence-corrected chi connectivity index (χ0v) is 20.1. The minimum Gasteiger partial charge on any atom is -0.493 e. The summed E-state index contributed by atoms with van der Waals surface area (Å²) in [4.78, 5) is 4.75. The van der Waals surface area contributed by atoms with Gasteiger partial charge in [0, 0.05) is 30.9 Å². The summed E-state index contributed by atoms with van der Waals surface area (Å²) in [5, 5.41) is 11.3. The van der Waals surface area contributed by atoms with E-state index in [0.717, 1.165) is 61.5 Å². The first kappa shape index (κ1) is 23.5. The van der Waals surface area contributed by atoms with Crippen molar-refractivity contribution in [2.45, 2.75) is 53.1 Å². The lowest BCUT2D eigenvalue weighted by Gasteiger charge is -2.13. The van der Waals surface area contributed by atoms with Crippen molar-refractivity contribution in [1.29, 1.82) is 0 Å². The first-order valence-electron chi connectivity index (χ1n) is 10.4. The second-order valence-corrected chi connectivity index (χ2v) is 7.49.